The minimum atomic E-state index is 0.0508. The normalized spacial score (nSPS) is 17.1. The van der Waals surface area contributed by atoms with Crippen LogP contribution in [0.4, 0.5) is 5.69 Å². The van der Waals surface area contributed by atoms with E-state index >= 15 is 0 Å². The Morgan fingerprint density at radius 2 is 2.05 bits per heavy atom. The van der Waals surface area contributed by atoms with Crippen LogP contribution < -0.4 is 15.2 Å². The highest BCUT2D eigenvalue weighted by atomic mass is 16.5. The predicted octanol–water partition coefficient (Wildman–Crippen LogP) is 2.92. The zero-order chi connectivity index (χ0) is 13.9. The molecule has 4 heteroatoms. The smallest absolute Gasteiger partial charge is 0.146 e. The van der Waals surface area contributed by atoms with Crippen LogP contribution in [0.5, 0.6) is 17.2 Å². The molecule has 20 heavy (non-hydrogen) atoms. The van der Waals surface area contributed by atoms with E-state index in [9.17, 15) is 5.11 Å². The van der Waals surface area contributed by atoms with Crippen LogP contribution >= 0.6 is 0 Å². The number of ether oxygens (including phenoxy) is 2. The fourth-order valence-electron chi connectivity index (χ4n) is 2.44. The molecule has 0 radical (unpaired) electrons. The second kappa shape index (κ2) is 5.33. The van der Waals surface area contributed by atoms with Gasteiger partial charge in [-0.3, -0.25) is 0 Å². The van der Waals surface area contributed by atoms with Gasteiger partial charge in [0.15, 0.2) is 0 Å². The molecule has 1 aliphatic rings. The van der Waals surface area contributed by atoms with E-state index < -0.39 is 0 Å². The van der Waals surface area contributed by atoms with Crippen LogP contribution in [0, 0.1) is 0 Å². The fourth-order valence-corrected chi connectivity index (χ4v) is 2.44. The lowest BCUT2D eigenvalue weighted by atomic mass is 9.94. The number of nitrogens with two attached hydrogens (primary N) is 1. The van der Waals surface area contributed by atoms with Crippen LogP contribution in [0.2, 0.25) is 0 Å². The number of phenolic OH excluding ortho intramolecular Hbond substituents is 1. The molecule has 0 aliphatic carbocycles. The fraction of sp³-hybridized carbons (Fsp3) is 0.250. The summed E-state index contributed by atoms with van der Waals surface area (Å²) in [4.78, 5) is 0. The number of hydrogen-bond donors (Lipinski definition) is 2. The molecule has 0 saturated carbocycles. The quantitative estimate of drug-likeness (QED) is 0.665. The Morgan fingerprint density at radius 3 is 2.95 bits per heavy atom. The highest BCUT2D eigenvalue weighted by Crippen LogP contribution is 2.35. The van der Waals surface area contributed by atoms with Gasteiger partial charge in [-0.2, -0.15) is 0 Å². The summed E-state index contributed by atoms with van der Waals surface area (Å²) in [6, 6.07) is 13.0. The van der Waals surface area contributed by atoms with Crippen molar-refractivity contribution in [2.45, 2.75) is 12.3 Å². The van der Waals surface area contributed by atoms with Gasteiger partial charge in [0, 0.05) is 11.5 Å². The molecule has 4 nitrogen and oxygen atoms in total. The molecule has 0 amide bonds. The second-order valence-corrected chi connectivity index (χ2v) is 4.87. The number of para-hydroxylation sites is 2. The van der Waals surface area contributed by atoms with Crippen LogP contribution in [-0.4, -0.2) is 18.3 Å². The van der Waals surface area contributed by atoms with Crippen molar-refractivity contribution in [2.75, 3.05) is 18.9 Å². The van der Waals surface area contributed by atoms with Crippen LogP contribution in [0.1, 0.15) is 17.9 Å². The lowest BCUT2D eigenvalue weighted by Crippen LogP contribution is -2.19. The van der Waals surface area contributed by atoms with Crippen molar-refractivity contribution < 1.29 is 14.6 Å². The largest absolute Gasteiger partial charge is 0.506 e. The molecule has 0 spiro atoms. The Hall–Kier alpha value is -2.36. The van der Waals surface area contributed by atoms with Gasteiger partial charge in [-0.15, -0.1) is 0 Å². The number of aromatic hydroxyl groups is 1. The Labute approximate surface area is 117 Å². The Kier molecular flexibility index (Phi) is 3.37. The van der Waals surface area contributed by atoms with E-state index in [0.717, 1.165) is 17.7 Å². The van der Waals surface area contributed by atoms with E-state index in [1.807, 2.05) is 18.2 Å². The SMILES string of the molecule is Nc1c(O)cccc1OCC1CCOc2ccccc21. The van der Waals surface area contributed by atoms with E-state index in [1.54, 1.807) is 18.2 Å². The summed E-state index contributed by atoms with van der Waals surface area (Å²) in [5.41, 5.74) is 7.24. The van der Waals surface area contributed by atoms with Crippen molar-refractivity contribution in [1.29, 1.82) is 0 Å². The van der Waals surface area contributed by atoms with Crippen LogP contribution in [-0.2, 0) is 0 Å². The number of benzene rings is 2. The van der Waals surface area contributed by atoms with Gasteiger partial charge in [-0.25, -0.2) is 0 Å². The van der Waals surface area contributed by atoms with E-state index in [1.165, 1.54) is 0 Å². The number of anilines is 1. The molecule has 104 valence electrons. The molecule has 1 atom stereocenters. The maximum absolute atomic E-state index is 9.57. The van der Waals surface area contributed by atoms with E-state index in [2.05, 4.69) is 6.07 Å². The van der Waals surface area contributed by atoms with Gasteiger partial charge >= 0.3 is 0 Å². The molecular weight excluding hydrogens is 254 g/mol. The molecule has 1 heterocycles. The van der Waals surface area contributed by atoms with Gasteiger partial charge < -0.3 is 20.3 Å². The monoisotopic (exact) mass is 271 g/mol. The Morgan fingerprint density at radius 1 is 1.20 bits per heavy atom. The summed E-state index contributed by atoms with van der Waals surface area (Å²) in [6.45, 7) is 1.22. The summed E-state index contributed by atoms with van der Waals surface area (Å²) in [5.74, 6) is 1.78. The predicted molar refractivity (Wildman–Crippen MR) is 77.3 cm³/mol. The average molecular weight is 271 g/mol. The van der Waals surface area contributed by atoms with E-state index in [0.29, 0.717) is 19.0 Å². The van der Waals surface area contributed by atoms with Crippen molar-refractivity contribution >= 4 is 5.69 Å². The first-order valence-corrected chi connectivity index (χ1v) is 6.67. The van der Waals surface area contributed by atoms with Crippen molar-refractivity contribution in [2.24, 2.45) is 0 Å². The molecule has 2 aromatic rings. The Bertz CT molecular complexity index is 612. The minimum Gasteiger partial charge on any atom is -0.506 e. The minimum absolute atomic E-state index is 0.0508. The molecule has 2 aromatic carbocycles. The van der Waals surface area contributed by atoms with E-state index in [-0.39, 0.29) is 17.4 Å². The zero-order valence-electron chi connectivity index (χ0n) is 11.1. The highest BCUT2D eigenvalue weighted by Gasteiger charge is 2.22. The summed E-state index contributed by atoms with van der Waals surface area (Å²) in [5, 5.41) is 9.57. The van der Waals surface area contributed by atoms with Gasteiger partial charge in [-0.05, 0) is 24.6 Å². The molecule has 1 aliphatic heterocycles. The van der Waals surface area contributed by atoms with Gasteiger partial charge in [0.05, 0.1) is 13.2 Å². The number of fused-ring (bicyclic) bond motifs is 1. The molecule has 0 aromatic heterocycles. The third-order valence-corrected chi connectivity index (χ3v) is 3.57. The zero-order valence-corrected chi connectivity index (χ0v) is 11.1. The van der Waals surface area contributed by atoms with Gasteiger partial charge in [-0.1, -0.05) is 24.3 Å². The standard InChI is InChI=1S/C16H17NO3/c17-16-13(18)5-3-7-15(16)20-10-11-8-9-19-14-6-2-1-4-12(11)14/h1-7,11,18H,8-10,17H2. The maximum Gasteiger partial charge on any atom is 0.146 e. The summed E-state index contributed by atoms with van der Waals surface area (Å²) in [7, 11) is 0. The number of nitrogen functional groups attached to an aromatic ring is 1. The van der Waals surface area contributed by atoms with E-state index in [4.69, 9.17) is 15.2 Å². The van der Waals surface area contributed by atoms with Gasteiger partial charge in [0.1, 0.15) is 22.9 Å². The molecule has 3 rings (SSSR count). The lowest BCUT2D eigenvalue weighted by molar-refractivity contribution is 0.218. The first kappa shape index (κ1) is 12.7. The molecule has 0 fully saturated rings. The highest BCUT2D eigenvalue weighted by molar-refractivity contribution is 5.61. The summed E-state index contributed by atoms with van der Waals surface area (Å²) < 4.78 is 11.4. The summed E-state index contributed by atoms with van der Waals surface area (Å²) in [6.07, 6.45) is 0.912. The maximum atomic E-state index is 9.57. The number of rotatable bonds is 3. The second-order valence-electron chi connectivity index (χ2n) is 4.87. The third-order valence-electron chi connectivity index (χ3n) is 3.57. The van der Waals surface area contributed by atoms with Crippen LogP contribution in [0.3, 0.4) is 0 Å². The molecule has 0 bridgehead atoms. The first-order chi connectivity index (χ1) is 9.75. The van der Waals surface area contributed by atoms with Crippen molar-refractivity contribution in [3.8, 4) is 17.2 Å². The number of hydrogen-bond acceptors (Lipinski definition) is 4. The third kappa shape index (κ3) is 2.37. The van der Waals surface area contributed by atoms with Gasteiger partial charge in [0.2, 0.25) is 0 Å². The van der Waals surface area contributed by atoms with Crippen molar-refractivity contribution in [1.82, 2.24) is 0 Å². The summed E-state index contributed by atoms with van der Waals surface area (Å²) >= 11 is 0. The average Bonchev–Trinajstić information content (AvgIpc) is 2.49. The van der Waals surface area contributed by atoms with Crippen molar-refractivity contribution in [3.63, 3.8) is 0 Å². The topological polar surface area (TPSA) is 64.7 Å². The molecule has 1 unspecified atom stereocenters. The van der Waals surface area contributed by atoms with Gasteiger partial charge in [0.25, 0.3) is 0 Å². The Balaban J connectivity index is 1.75. The van der Waals surface area contributed by atoms with Crippen LogP contribution in [0.25, 0.3) is 0 Å². The van der Waals surface area contributed by atoms with Crippen molar-refractivity contribution in [3.05, 3.63) is 48.0 Å². The molecular formula is C16H17NO3. The molecule has 0 saturated heterocycles. The first-order valence-electron chi connectivity index (χ1n) is 6.67. The lowest BCUT2D eigenvalue weighted by Gasteiger charge is -2.26. The number of phenols is 1. The molecule has 3 N–H and O–H groups in total. The van der Waals surface area contributed by atoms with Crippen LogP contribution in [0.15, 0.2) is 42.5 Å².